The third kappa shape index (κ3) is 6.44. The van der Waals surface area contributed by atoms with Gasteiger partial charge in [0.1, 0.15) is 5.75 Å². The fourth-order valence-electron chi connectivity index (χ4n) is 2.98. The molecule has 1 atom stereocenters. The summed E-state index contributed by atoms with van der Waals surface area (Å²) in [5.74, 6) is 0.205. The molecule has 3 rings (SSSR count). The Morgan fingerprint density at radius 1 is 0.806 bits per heavy atom. The molecule has 0 bridgehead atoms. The largest absolute Gasteiger partial charge is 0.481 e. The Balaban J connectivity index is 1.56. The average molecular weight is 417 g/mol. The van der Waals surface area contributed by atoms with Crippen molar-refractivity contribution in [1.29, 1.82) is 0 Å². The van der Waals surface area contributed by atoms with E-state index in [1.807, 2.05) is 75.4 Å². The van der Waals surface area contributed by atoms with Crippen molar-refractivity contribution >= 4 is 17.5 Å². The van der Waals surface area contributed by atoms with Gasteiger partial charge in [-0.3, -0.25) is 9.59 Å². The van der Waals surface area contributed by atoms with Crippen LogP contribution in [0.2, 0.25) is 0 Å². The van der Waals surface area contributed by atoms with Crippen LogP contribution in [0.15, 0.2) is 78.9 Å². The zero-order valence-electron chi connectivity index (χ0n) is 18.3. The number of ether oxygens (including phenoxy) is 1. The van der Waals surface area contributed by atoms with Gasteiger partial charge in [-0.05, 0) is 75.2 Å². The maximum absolute atomic E-state index is 12.5. The van der Waals surface area contributed by atoms with Crippen molar-refractivity contribution in [2.75, 3.05) is 5.32 Å². The molecule has 0 aromatic heterocycles. The molecule has 0 spiro atoms. The van der Waals surface area contributed by atoms with Gasteiger partial charge in [0.15, 0.2) is 6.10 Å². The number of hydrogen-bond acceptors (Lipinski definition) is 3. The molecule has 1 unspecified atom stereocenters. The van der Waals surface area contributed by atoms with E-state index in [0.717, 1.165) is 11.1 Å². The molecule has 0 aliphatic carbocycles. The quantitative estimate of drug-likeness (QED) is 0.574. The molecule has 0 aliphatic rings. The van der Waals surface area contributed by atoms with E-state index in [0.29, 0.717) is 17.0 Å². The number of carbonyl (C=O) groups excluding carboxylic acids is 2. The normalized spacial score (nSPS) is 12.0. The number of hydrogen-bond donors (Lipinski definition) is 2. The highest BCUT2D eigenvalue weighted by molar-refractivity contribution is 5.97. The molecule has 2 N–H and O–H groups in total. The van der Waals surface area contributed by atoms with Crippen molar-refractivity contribution in [3.05, 3.63) is 84.4 Å². The van der Waals surface area contributed by atoms with Gasteiger partial charge in [-0.1, -0.05) is 42.5 Å². The summed E-state index contributed by atoms with van der Waals surface area (Å²) in [5, 5.41) is 5.73. The summed E-state index contributed by atoms with van der Waals surface area (Å²) in [7, 11) is 0. The van der Waals surface area contributed by atoms with Crippen LogP contribution < -0.4 is 15.4 Å². The third-order valence-electron chi connectivity index (χ3n) is 4.55. The summed E-state index contributed by atoms with van der Waals surface area (Å²) in [6.07, 6.45) is -0.675. The summed E-state index contributed by atoms with van der Waals surface area (Å²) in [6.45, 7) is 7.48. The topological polar surface area (TPSA) is 67.4 Å². The fraction of sp³-hybridized carbons (Fsp3) is 0.231. The molecule has 0 saturated carbocycles. The first-order valence-electron chi connectivity index (χ1n) is 10.3. The highest BCUT2D eigenvalue weighted by Crippen LogP contribution is 2.23. The van der Waals surface area contributed by atoms with Crippen molar-refractivity contribution < 1.29 is 14.3 Å². The van der Waals surface area contributed by atoms with Crippen molar-refractivity contribution in [1.82, 2.24) is 5.32 Å². The minimum Gasteiger partial charge on any atom is -0.481 e. The number of rotatable bonds is 6. The second kappa shape index (κ2) is 9.47. The highest BCUT2D eigenvalue weighted by Gasteiger charge is 2.17. The lowest BCUT2D eigenvalue weighted by Crippen LogP contribution is -2.40. The van der Waals surface area contributed by atoms with Gasteiger partial charge < -0.3 is 15.4 Å². The molecular formula is C26H28N2O3. The van der Waals surface area contributed by atoms with Crippen LogP contribution in [-0.2, 0) is 4.79 Å². The Bertz CT molecular complexity index is 1020. The molecule has 0 radical (unpaired) electrons. The molecule has 3 aromatic rings. The van der Waals surface area contributed by atoms with Gasteiger partial charge in [-0.2, -0.15) is 0 Å². The standard InChI is InChI=1S/C26H28N2O3/c1-18(31-23-16-12-20(13-17-23)19-8-6-5-7-9-19)24(29)27-22-14-10-21(11-15-22)25(30)28-26(2,3)4/h5-18H,1-4H3,(H,27,29)(H,28,30). The molecule has 5 nitrogen and oxygen atoms in total. The molecule has 5 heteroatoms. The van der Waals surface area contributed by atoms with Crippen LogP contribution >= 0.6 is 0 Å². The molecule has 0 fully saturated rings. The predicted molar refractivity (Wildman–Crippen MR) is 124 cm³/mol. The average Bonchev–Trinajstić information content (AvgIpc) is 2.74. The Hall–Kier alpha value is -3.60. The molecule has 2 amide bonds. The minimum absolute atomic E-state index is 0.152. The highest BCUT2D eigenvalue weighted by atomic mass is 16.5. The third-order valence-corrected chi connectivity index (χ3v) is 4.55. The molecule has 160 valence electrons. The minimum atomic E-state index is -0.675. The van der Waals surface area contributed by atoms with E-state index in [2.05, 4.69) is 10.6 Å². The van der Waals surface area contributed by atoms with Crippen LogP contribution in [0.25, 0.3) is 11.1 Å². The van der Waals surface area contributed by atoms with E-state index in [-0.39, 0.29) is 17.4 Å². The predicted octanol–water partition coefficient (Wildman–Crippen LogP) is 5.29. The Morgan fingerprint density at radius 3 is 1.97 bits per heavy atom. The van der Waals surface area contributed by atoms with Gasteiger partial charge in [0, 0.05) is 16.8 Å². The van der Waals surface area contributed by atoms with Gasteiger partial charge in [0.25, 0.3) is 11.8 Å². The van der Waals surface area contributed by atoms with Crippen LogP contribution in [-0.4, -0.2) is 23.5 Å². The van der Waals surface area contributed by atoms with Crippen molar-refractivity contribution in [2.45, 2.75) is 39.3 Å². The van der Waals surface area contributed by atoms with E-state index in [4.69, 9.17) is 4.74 Å². The molecule has 0 aliphatic heterocycles. The smallest absolute Gasteiger partial charge is 0.265 e. The summed E-state index contributed by atoms with van der Waals surface area (Å²) in [4.78, 5) is 24.7. The van der Waals surface area contributed by atoms with Gasteiger partial charge in [-0.15, -0.1) is 0 Å². The van der Waals surface area contributed by atoms with Gasteiger partial charge in [0.2, 0.25) is 0 Å². The SMILES string of the molecule is CC(Oc1ccc(-c2ccccc2)cc1)C(=O)Nc1ccc(C(=O)NC(C)(C)C)cc1. The number of amides is 2. The van der Waals surface area contributed by atoms with E-state index >= 15 is 0 Å². The first-order chi connectivity index (χ1) is 14.7. The van der Waals surface area contributed by atoms with Crippen LogP contribution in [0, 0.1) is 0 Å². The summed E-state index contributed by atoms with van der Waals surface area (Å²) in [5.41, 5.74) is 3.04. The Labute approximate surface area is 183 Å². The molecule has 0 heterocycles. The monoisotopic (exact) mass is 416 g/mol. The second-order valence-corrected chi connectivity index (χ2v) is 8.42. The fourth-order valence-corrected chi connectivity index (χ4v) is 2.98. The van der Waals surface area contributed by atoms with Crippen molar-refractivity contribution in [3.63, 3.8) is 0 Å². The second-order valence-electron chi connectivity index (χ2n) is 8.42. The lowest BCUT2D eigenvalue weighted by Gasteiger charge is -2.20. The van der Waals surface area contributed by atoms with Crippen molar-refractivity contribution in [2.24, 2.45) is 0 Å². The maximum atomic E-state index is 12.5. The molecule has 0 saturated heterocycles. The van der Waals surface area contributed by atoms with E-state index in [1.165, 1.54) is 0 Å². The number of carbonyl (C=O) groups is 2. The van der Waals surface area contributed by atoms with Crippen LogP contribution in [0.5, 0.6) is 5.75 Å². The Kier molecular flexibility index (Phi) is 6.75. The zero-order chi connectivity index (χ0) is 22.4. The first-order valence-corrected chi connectivity index (χ1v) is 10.3. The van der Waals surface area contributed by atoms with Gasteiger partial charge in [0.05, 0.1) is 0 Å². The lowest BCUT2D eigenvalue weighted by molar-refractivity contribution is -0.122. The molecule has 3 aromatic carbocycles. The van der Waals surface area contributed by atoms with Crippen LogP contribution in [0.1, 0.15) is 38.1 Å². The summed E-state index contributed by atoms with van der Waals surface area (Å²) >= 11 is 0. The van der Waals surface area contributed by atoms with Gasteiger partial charge in [-0.25, -0.2) is 0 Å². The lowest BCUT2D eigenvalue weighted by atomic mass is 10.1. The van der Waals surface area contributed by atoms with Crippen molar-refractivity contribution in [3.8, 4) is 16.9 Å². The summed E-state index contributed by atoms with van der Waals surface area (Å²) < 4.78 is 5.78. The maximum Gasteiger partial charge on any atom is 0.265 e. The number of nitrogens with one attached hydrogen (secondary N) is 2. The molecular weight excluding hydrogens is 388 g/mol. The summed E-state index contributed by atoms with van der Waals surface area (Å²) in [6, 6.07) is 24.5. The van der Waals surface area contributed by atoms with E-state index in [1.54, 1.807) is 31.2 Å². The van der Waals surface area contributed by atoms with Gasteiger partial charge >= 0.3 is 0 Å². The van der Waals surface area contributed by atoms with E-state index in [9.17, 15) is 9.59 Å². The van der Waals surface area contributed by atoms with Crippen LogP contribution in [0.3, 0.4) is 0 Å². The number of anilines is 1. The van der Waals surface area contributed by atoms with E-state index < -0.39 is 6.10 Å². The first kappa shape index (κ1) is 22.1. The Morgan fingerprint density at radius 2 is 1.39 bits per heavy atom. The zero-order valence-corrected chi connectivity index (χ0v) is 18.3. The molecule has 31 heavy (non-hydrogen) atoms. The number of benzene rings is 3. The van der Waals surface area contributed by atoms with Crippen LogP contribution in [0.4, 0.5) is 5.69 Å².